The average molecular weight is 310 g/mol. The van der Waals surface area contributed by atoms with Crippen LogP contribution in [0.15, 0.2) is 24.3 Å². The van der Waals surface area contributed by atoms with Crippen molar-refractivity contribution >= 4 is 23.6 Å². The minimum absolute atomic E-state index is 0.125. The zero-order valence-electron chi connectivity index (χ0n) is 12.4. The Bertz CT molecular complexity index is 460. The number of carbonyl (C=O) groups is 2. The first-order valence-corrected chi connectivity index (χ1v) is 8.00. The molecule has 0 saturated heterocycles. The maximum Gasteiger partial charge on any atom is 0.230 e. The lowest BCUT2D eigenvalue weighted by Crippen LogP contribution is -2.30. The summed E-state index contributed by atoms with van der Waals surface area (Å²) in [6.07, 6.45) is 0. The highest BCUT2D eigenvalue weighted by molar-refractivity contribution is 8.00. The van der Waals surface area contributed by atoms with Crippen LogP contribution in [0.2, 0.25) is 0 Å². The molecule has 0 radical (unpaired) electrons. The second-order valence-electron chi connectivity index (χ2n) is 4.88. The fourth-order valence-electron chi connectivity index (χ4n) is 1.60. The van der Waals surface area contributed by atoms with E-state index in [-0.39, 0.29) is 17.4 Å². The Morgan fingerprint density at radius 1 is 1.24 bits per heavy atom. The Labute approximate surface area is 129 Å². The quantitative estimate of drug-likeness (QED) is 0.678. The summed E-state index contributed by atoms with van der Waals surface area (Å²) in [6.45, 7) is 5.12. The van der Waals surface area contributed by atoms with Crippen LogP contribution in [0.25, 0.3) is 0 Å². The molecule has 0 fully saturated rings. The topological polar surface area (TPSA) is 81.4 Å². The number of rotatable bonds is 9. The molecule has 1 aromatic rings. The van der Waals surface area contributed by atoms with Gasteiger partial charge in [-0.05, 0) is 23.6 Å². The van der Waals surface area contributed by atoms with Gasteiger partial charge in [0.15, 0.2) is 0 Å². The molecule has 116 valence electrons. The van der Waals surface area contributed by atoms with Gasteiger partial charge in [-0.3, -0.25) is 9.59 Å². The van der Waals surface area contributed by atoms with Crippen molar-refractivity contribution in [1.29, 1.82) is 0 Å². The molecule has 0 heterocycles. The number of hydrogen-bond donors (Lipinski definition) is 2. The molecular formula is C15H22N2O3S. The van der Waals surface area contributed by atoms with Gasteiger partial charge in [0.1, 0.15) is 12.4 Å². The third-order valence-electron chi connectivity index (χ3n) is 2.72. The number of thioether (sulfide) groups is 1. The van der Waals surface area contributed by atoms with Crippen LogP contribution in [-0.2, 0) is 9.59 Å². The molecule has 2 amide bonds. The summed E-state index contributed by atoms with van der Waals surface area (Å²) in [4.78, 5) is 21.9. The van der Waals surface area contributed by atoms with E-state index >= 15 is 0 Å². The molecule has 1 rings (SSSR count). The molecule has 0 saturated carbocycles. The summed E-state index contributed by atoms with van der Waals surface area (Å²) < 4.78 is 5.54. The lowest BCUT2D eigenvalue weighted by molar-refractivity contribution is -0.118. The molecule has 3 N–H and O–H groups in total. The van der Waals surface area contributed by atoms with Gasteiger partial charge in [-0.1, -0.05) is 26.0 Å². The van der Waals surface area contributed by atoms with Crippen molar-refractivity contribution in [3.63, 3.8) is 0 Å². The van der Waals surface area contributed by atoms with Crippen LogP contribution in [0.3, 0.4) is 0 Å². The lowest BCUT2D eigenvalue weighted by Gasteiger charge is -2.09. The zero-order chi connectivity index (χ0) is 15.7. The van der Waals surface area contributed by atoms with Gasteiger partial charge in [-0.15, -0.1) is 11.8 Å². The standard InChI is InChI=1S/C15H22N2O3S/c1-11(2)12-3-5-13(6-4-12)20-8-7-17-15(19)10-21-9-14(16)18/h3-6,11H,7-10H2,1-2H3,(H2,16,18)(H,17,19). The highest BCUT2D eigenvalue weighted by Crippen LogP contribution is 2.18. The summed E-state index contributed by atoms with van der Waals surface area (Å²) in [5, 5.41) is 2.72. The van der Waals surface area contributed by atoms with Gasteiger partial charge < -0.3 is 15.8 Å². The van der Waals surface area contributed by atoms with Gasteiger partial charge >= 0.3 is 0 Å². The largest absolute Gasteiger partial charge is 0.492 e. The van der Waals surface area contributed by atoms with Crippen LogP contribution in [0.1, 0.15) is 25.3 Å². The lowest BCUT2D eigenvalue weighted by atomic mass is 10.0. The second-order valence-corrected chi connectivity index (χ2v) is 5.87. The van der Waals surface area contributed by atoms with Crippen molar-refractivity contribution in [2.45, 2.75) is 19.8 Å². The first-order chi connectivity index (χ1) is 9.99. The fraction of sp³-hybridized carbons (Fsp3) is 0.467. The normalized spacial score (nSPS) is 10.4. The van der Waals surface area contributed by atoms with Crippen molar-refractivity contribution < 1.29 is 14.3 Å². The van der Waals surface area contributed by atoms with Crippen molar-refractivity contribution in [2.24, 2.45) is 5.73 Å². The fourth-order valence-corrected chi connectivity index (χ4v) is 2.19. The van der Waals surface area contributed by atoms with Gasteiger partial charge in [-0.2, -0.15) is 0 Å². The third-order valence-corrected chi connectivity index (χ3v) is 3.67. The highest BCUT2D eigenvalue weighted by atomic mass is 32.2. The Balaban J connectivity index is 2.16. The molecule has 0 spiro atoms. The Kier molecular flexibility index (Phi) is 7.68. The molecule has 1 aromatic carbocycles. The van der Waals surface area contributed by atoms with E-state index in [2.05, 4.69) is 19.2 Å². The van der Waals surface area contributed by atoms with Crippen LogP contribution >= 0.6 is 11.8 Å². The summed E-state index contributed by atoms with van der Waals surface area (Å²) >= 11 is 1.20. The zero-order valence-corrected chi connectivity index (χ0v) is 13.2. The summed E-state index contributed by atoms with van der Waals surface area (Å²) in [6, 6.07) is 7.94. The van der Waals surface area contributed by atoms with Crippen molar-refractivity contribution in [3.05, 3.63) is 29.8 Å². The number of primary amides is 1. The van der Waals surface area contributed by atoms with Crippen LogP contribution in [0.4, 0.5) is 0 Å². The van der Waals surface area contributed by atoms with Crippen molar-refractivity contribution in [1.82, 2.24) is 5.32 Å². The van der Waals surface area contributed by atoms with Crippen molar-refractivity contribution in [2.75, 3.05) is 24.7 Å². The number of ether oxygens (including phenoxy) is 1. The first-order valence-electron chi connectivity index (χ1n) is 6.84. The van der Waals surface area contributed by atoms with Crippen LogP contribution in [0.5, 0.6) is 5.75 Å². The van der Waals surface area contributed by atoms with Crippen LogP contribution in [0, 0.1) is 0 Å². The molecule has 21 heavy (non-hydrogen) atoms. The molecule has 5 nitrogen and oxygen atoms in total. The Morgan fingerprint density at radius 2 is 1.90 bits per heavy atom. The monoisotopic (exact) mass is 310 g/mol. The van der Waals surface area contributed by atoms with Gasteiger partial charge in [0.25, 0.3) is 0 Å². The highest BCUT2D eigenvalue weighted by Gasteiger charge is 2.03. The Hall–Kier alpha value is -1.69. The van der Waals surface area contributed by atoms with E-state index in [1.807, 2.05) is 24.3 Å². The summed E-state index contributed by atoms with van der Waals surface area (Å²) in [5.41, 5.74) is 6.25. The van der Waals surface area contributed by atoms with E-state index in [4.69, 9.17) is 10.5 Å². The SMILES string of the molecule is CC(C)c1ccc(OCCNC(=O)CSCC(N)=O)cc1. The number of nitrogens with two attached hydrogens (primary N) is 1. The van der Waals surface area contributed by atoms with E-state index in [9.17, 15) is 9.59 Å². The Morgan fingerprint density at radius 3 is 2.48 bits per heavy atom. The van der Waals surface area contributed by atoms with Gasteiger partial charge in [0, 0.05) is 0 Å². The molecule has 6 heteroatoms. The first kappa shape index (κ1) is 17.4. The molecular weight excluding hydrogens is 288 g/mol. The van der Waals surface area contributed by atoms with E-state index in [1.165, 1.54) is 17.3 Å². The van der Waals surface area contributed by atoms with E-state index in [0.29, 0.717) is 19.1 Å². The van der Waals surface area contributed by atoms with E-state index < -0.39 is 5.91 Å². The van der Waals surface area contributed by atoms with Crippen molar-refractivity contribution in [3.8, 4) is 5.75 Å². The minimum Gasteiger partial charge on any atom is -0.492 e. The number of benzene rings is 1. The van der Waals surface area contributed by atoms with Crippen LogP contribution < -0.4 is 15.8 Å². The number of nitrogens with one attached hydrogen (secondary N) is 1. The van der Waals surface area contributed by atoms with Gasteiger partial charge in [0.2, 0.25) is 11.8 Å². The van der Waals surface area contributed by atoms with Gasteiger partial charge in [-0.25, -0.2) is 0 Å². The van der Waals surface area contributed by atoms with Crippen LogP contribution in [-0.4, -0.2) is 36.5 Å². The molecule has 0 aliphatic heterocycles. The third kappa shape index (κ3) is 7.60. The molecule has 0 aliphatic rings. The molecule has 0 unspecified atom stereocenters. The maximum absolute atomic E-state index is 11.4. The predicted molar refractivity (Wildman–Crippen MR) is 85.6 cm³/mol. The molecule has 0 aromatic heterocycles. The molecule has 0 atom stereocenters. The average Bonchev–Trinajstić information content (AvgIpc) is 2.43. The van der Waals surface area contributed by atoms with E-state index in [0.717, 1.165) is 5.75 Å². The number of carbonyl (C=O) groups excluding carboxylic acids is 2. The predicted octanol–water partition coefficient (Wildman–Crippen LogP) is 1.52. The summed E-state index contributed by atoms with van der Waals surface area (Å²) in [7, 11) is 0. The number of hydrogen-bond acceptors (Lipinski definition) is 4. The maximum atomic E-state index is 11.4. The molecule has 0 bridgehead atoms. The van der Waals surface area contributed by atoms with E-state index in [1.54, 1.807) is 0 Å². The second kappa shape index (κ2) is 9.28. The van der Waals surface area contributed by atoms with Gasteiger partial charge in [0.05, 0.1) is 18.1 Å². The summed E-state index contributed by atoms with van der Waals surface area (Å²) in [5.74, 6) is 1.13. The smallest absolute Gasteiger partial charge is 0.230 e. The molecule has 0 aliphatic carbocycles. The number of amides is 2. The minimum atomic E-state index is -0.416.